The van der Waals surface area contributed by atoms with E-state index < -0.39 is 0 Å². The highest BCUT2D eigenvalue weighted by Crippen LogP contribution is 2.50. The SMILES string of the molecule is CCCCCCCCCCCCOC(=O)N1CCN2c3c(cccc31)[C@@H]1CN(CCCC(=O)c3ccc(F)cc3)CC[C@@H]12. The average molecular weight is 592 g/mol. The molecule has 0 saturated carbocycles. The number of para-hydroxylation sites is 1. The summed E-state index contributed by atoms with van der Waals surface area (Å²) in [5, 5.41) is 0. The van der Waals surface area contributed by atoms with Crippen LogP contribution in [0.4, 0.5) is 20.6 Å². The number of hydrogen-bond acceptors (Lipinski definition) is 5. The van der Waals surface area contributed by atoms with Crippen molar-refractivity contribution in [2.75, 3.05) is 49.1 Å². The Hall–Kier alpha value is -2.93. The molecule has 2 aromatic rings. The molecule has 3 heterocycles. The molecular formula is C36H50FN3O3. The topological polar surface area (TPSA) is 53.1 Å². The number of piperidine rings is 1. The zero-order chi connectivity index (χ0) is 30.0. The van der Waals surface area contributed by atoms with Gasteiger partial charge in [0.2, 0.25) is 0 Å². The number of carbonyl (C=O) groups excluding carboxylic acids is 2. The first-order valence-corrected chi connectivity index (χ1v) is 16.9. The van der Waals surface area contributed by atoms with Gasteiger partial charge in [-0.05, 0) is 61.7 Å². The molecule has 2 atom stereocenters. The molecular weight excluding hydrogens is 541 g/mol. The highest BCUT2D eigenvalue weighted by Gasteiger charge is 2.45. The Morgan fingerprint density at radius 3 is 2.33 bits per heavy atom. The van der Waals surface area contributed by atoms with Crippen LogP contribution in [0.2, 0.25) is 0 Å². The minimum absolute atomic E-state index is 0.0722. The number of nitrogens with zero attached hydrogens (tertiary/aromatic N) is 3. The van der Waals surface area contributed by atoms with Crippen LogP contribution < -0.4 is 9.80 Å². The van der Waals surface area contributed by atoms with Gasteiger partial charge in [-0.25, -0.2) is 9.18 Å². The summed E-state index contributed by atoms with van der Waals surface area (Å²) < 4.78 is 18.9. The summed E-state index contributed by atoms with van der Waals surface area (Å²) >= 11 is 0. The molecule has 0 aliphatic carbocycles. The van der Waals surface area contributed by atoms with Gasteiger partial charge in [0.25, 0.3) is 0 Å². The van der Waals surface area contributed by atoms with Gasteiger partial charge in [0.1, 0.15) is 5.82 Å². The van der Waals surface area contributed by atoms with Crippen LogP contribution in [0.1, 0.15) is 112 Å². The summed E-state index contributed by atoms with van der Waals surface area (Å²) in [6, 6.07) is 12.7. The second-order valence-corrected chi connectivity index (χ2v) is 12.7. The van der Waals surface area contributed by atoms with Crippen LogP contribution in [0.25, 0.3) is 0 Å². The Labute approximate surface area is 257 Å². The monoisotopic (exact) mass is 591 g/mol. The van der Waals surface area contributed by atoms with E-state index in [0.29, 0.717) is 37.1 Å². The van der Waals surface area contributed by atoms with Crippen molar-refractivity contribution in [1.29, 1.82) is 0 Å². The highest BCUT2D eigenvalue weighted by molar-refractivity contribution is 5.96. The third-order valence-electron chi connectivity index (χ3n) is 9.64. The molecule has 1 amide bonds. The molecule has 0 bridgehead atoms. The Bertz CT molecular complexity index is 1200. The van der Waals surface area contributed by atoms with Gasteiger partial charge in [-0.1, -0.05) is 76.8 Å². The fraction of sp³-hybridized carbons (Fsp3) is 0.611. The van der Waals surface area contributed by atoms with E-state index in [1.54, 1.807) is 12.1 Å². The number of benzene rings is 2. The Morgan fingerprint density at radius 2 is 1.58 bits per heavy atom. The number of amides is 1. The molecule has 0 unspecified atom stereocenters. The molecule has 1 saturated heterocycles. The second-order valence-electron chi connectivity index (χ2n) is 12.7. The average Bonchev–Trinajstić information content (AvgIpc) is 3.34. The van der Waals surface area contributed by atoms with Crippen molar-refractivity contribution in [3.05, 3.63) is 59.4 Å². The van der Waals surface area contributed by atoms with E-state index >= 15 is 0 Å². The number of hydrogen-bond donors (Lipinski definition) is 0. The number of fused-ring (bicyclic) bond motifs is 3. The highest BCUT2D eigenvalue weighted by atomic mass is 19.1. The van der Waals surface area contributed by atoms with Crippen molar-refractivity contribution < 1.29 is 18.7 Å². The number of halogens is 1. The zero-order valence-electron chi connectivity index (χ0n) is 26.1. The van der Waals surface area contributed by atoms with Crippen molar-refractivity contribution >= 4 is 23.3 Å². The number of ketones is 1. The Kier molecular flexibility index (Phi) is 11.5. The molecule has 2 aromatic carbocycles. The van der Waals surface area contributed by atoms with Gasteiger partial charge in [0, 0.05) is 50.1 Å². The van der Waals surface area contributed by atoms with Crippen molar-refractivity contribution in [2.24, 2.45) is 0 Å². The first-order chi connectivity index (χ1) is 21.1. The summed E-state index contributed by atoms with van der Waals surface area (Å²) in [7, 11) is 0. The van der Waals surface area contributed by atoms with E-state index in [2.05, 4.69) is 34.9 Å². The van der Waals surface area contributed by atoms with Gasteiger partial charge in [0.15, 0.2) is 5.78 Å². The molecule has 7 heteroatoms. The normalized spacial score (nSPS) is 19.3. The molecule has 5 rings (SSSR count). The van der Waals surface area contributed by atoms with E-state index in [-0.39, 0.29) is 17.7 Å². The van der Waals surface area contributed by atoms with Crippen molar-refractivity contribution in [3.63, 3.8) is 0 Å². The summed E-state index contributed by atoms with van der Waals surface area (Å²) in [6.45, 7) is 7.10. The molecule has 3 aliphatic rings. The third kappa shape index (κ3) is 7.97. The van der Waals surface area contributed by atoms with E-state index in [1.807, 2.05) is 4.90 Å². The summed E-state index contributed by atoms with van der Waals surface area (Å²) in [5.41, 5.74) is 4.12. The number of ether oxygens (including phenoxy) is 1. The van der Waals surface area contributed by atoms with Crippen LogP contribution in [0.15, 0.2) is 42.5 Å². The molecule has 0 spiro atoms. The maximum absolute atomic E-state index is 13.2. The third-order valence-corrected chi connectivity index (χ3v) is 9.64. The Morgan fingerprint density at radius 1 is 0.860 bits per heavy atom. The van der Waals surface area contributed by atoms with Crippen LogP contribution in [-0.4, -0.2) is 62.1 Å². The van der Waals surface area contributed by atoms with Gasteiger partial charge in [0.05, 0.1) is 18.0 Å². The first-order valence-electron chi connectivity index (χ1n) is 16.9. The lowest BCUT2D eigenvalue weighted by Gasteiger charge is -2.41. The van der Waals surface area contributed by atoms with Crippen molar-refractivity contribution in [3.8, 4) is 0 Å². The lowest BCUT2D eigenvalue weighted by molar-refractivity contribution is 0.0971. The van der Waals surface area contributed by atoms with Crippen LogP contribution in [0, 0.1) is 5.82 Å². The summed E-state index contributed by atoms with van der Waals surface area (Å²) in [4.78, 5) is 32.6. The summed E-state index contributed by atoms with van der Waals surface area (Å²) in [5.74, 6) is 0.156. The molecule has 3 aliphatic heterocycles. The molecule has 6 nitrogen and oxygen atoms in total. The second kappa shape index (κ2) is 15.7. The van der Waals surface area contributed by atoms with E-state index in [0.717, 1.165) is 57.5 Å². The van der Waals surface area contributed by atoms with Crippen molar-refractivity contribution in [1.82, 2.24) is 4.90 Å². The molecule has 234 valence electrons. The maximum atomic E-state index is 13.2. The number of unbranched alkanes of at least 4 members (excludes halogenated alkanes) is 9. The lowest BCUT2D eigenvalue weighted by Crippen LogP contribution is -2.50. The smallest absolute Gasteiger partial charge is 0.414 e. The van der Waals surface area contributed by atoms with E-state index in [1.165, 1.54) is 74.8 Å². The number of rotatable bonds is 16. The molecule has 0 aromatic heterocycles. The van der Waals surface area contributed by atoms with E-state index in [9.17, 15) is 14.0 Å². The fourth-order valence-electron chi connectivity index (χ4n) is 7.30. The predicted octanol–water partition coefficient (Wildman–Crippen LogP) is 8.34. The van der Waals surface area contributed by atoms with Gasteiger partial charge >= 0.3 is 6.09 Å². The van der Waals surface area contributed by atoms with Gasteiger partial charge in [-0.2, -0.15) is 0 Å². The first kappa shape index (κ1) is 31.5. The molecule has 0 radical (unpaired) electrons. The predicted molar refractivity (Wildman–Crippen MR) is 172 cm³/mol. The maximum Gasteiger partial charge on any atom is 0.414 e. The fourth-order valence-corrected chi connectivity index (χ4v) is 7.30. The van der Waals surface area contributed by atoms with Crippen LogP contribution in [-0.2, 0) is 4.74 Å². The van der Waals surface area contributed by atoms with Gasteiger partial charge < -0.3 is 14.5 Å². The van der Waals surface area contributed by atoms with Crippen molar-refractivity contribution in [2.45, 2.75) is 102 Å². The standard InChI is InChI=1S/C36H50FN3O3/c1-2-3-4-5-6-7-8-9-10-11-26-43-36(42)40-25-24-39-32-21-23-38(27-31(32)30-14-12-15-33(40)35(30)39)22-13-16-34(41)28-17-19-29(37)20-18-28/h12,14-15,17-20,31-32H,2-11,13,16,21-27H2,1H3/t31-,32-/m0/s1. The lowest BCUT2D eigenvalue weighted by atomic mass is 9.89. The minimum Gasteiger partial charge on any atom is -0.449 e. The Balaban J connectivity index is 1.07. The number of Topliss-reactive ketones (excluding diaryl/α,β-unsaturated/α-hetero) is 1. The molecule has 0 N–H and O–H groups in total. The quantitative estimate of drug-likeness (QED) is 0.145. The van der Waals surface area contributed by atoms with Crippen LogP contribution in [0.5, 0.6) is 0 Å². The number of likely N-dealkylation sites (tertiary alicyclic amines) is 1. The van der Waals surface area contributed by atoms with Gasteiger partial charge in [-0.3, -0.25) is 9.69 Å². The van der Waals surface area contributed by atoms with Crippen LogP contribution in [0.3, 0.4) is 0 Å². The van der Waals surface area contributed by atoms with Crippen LogP contribution >= 0.6 is 0 Å². The zero-order valence-corrected chi connectivity index (χ0v) is 26.1. The largest absolute Gasteiger partial charge is 0.449 e. The van der Waals surface area contributed by atoms with Gasteiger partial charge in [-0.15, -0.1) is 0 Å². The molecule has 43 heavy (non-hydrogen) atoms. The summed E-state index contributed by atoms with van der Waals surface area (Å²) in [6.07, 6.45) is 14.8. The number of carbonyl (C=O) groups is 2. The number of anilines is 2. The molecule has 1 fully saturated rings. The van der Waals surface area contributed by atoms with E-state index in [4.69, 9.17) is 4.74 Å². The minimum atomic E-state index is -0.318.